The van der Waals surface area contributed by atoms with Crippen LogP contribution >= 0.6 is 0 Å². The van der Waals surface area contributed by atoms with Crippen molar-refractivity contribution in [3.63, 3.8) is 0 Å². The van der Waals surface area contributed by atoms with Crippen LogP contribution in [0.1, 0.15) is 258 Å². The van der Waals surface area contributed by atoms with Crippen molar-refractivity contribution in [2.24, 2.45) is 0 Å². The summed E-state index contributed by atoms with van der Waals surface area (Å²) in [6.45, 7) is 43.7. The minimum Gasteiger partial charge on any atom is -1.00 e. The number of carbonyl (C=O) groups excluding carboxylic acids is 1. The van der Waals surface area contributed by atoms with Gasteiger partial charge < -0.3 is 72.5 Å². The number of allylic oxidation sites excluding steroid dienone is 15. The van der Waals surface area contributed by atoms with E-state index in [0.717, 1.165) is 115 Å². The molecule has 550 valence electrons. The lowest BCUT2D eigenvalue weighted by molar-refractivity contribution is -0.437. The Morgan fingerprint density at radius 2 is 0.930 bits per heavy atom. The van der Waals surface area contributed by atoms with Gasteiger partial charge >= 0.3 is 0 Å². The number of fused-ring (bicyclic) bond motifs is 4. The first-order valence-electron chi connectivity index (χ1n) is 37.4. The molecule has 0 aromatic heterocycles. The lowest BCUT2D eigenvalue weighted by Crippen LogP contribution is -3.00. The molecule has 2 aliphatic carbocycles. The van der Waals surface area contributed by atoms with Gasteiger partial charge in [0.15, 0.2) is 11.4 Å². The molecule has 1 N–H and O–H groups in total. The molecule has 0 saturated carbocycles. The van der Waals surface area contributed by atoms with Crippen molar-refractivity contribution in [3.05, 3.63) is 213 Å². The number of hydrogen-bond donors (Lipinski definition) is 1. The quantitative estimate of drug-likeness (QED) is 0.0456. The molecular formula is C90H133I2N5O3. The molecule has 8 nitrogen and oxygen atoms in total. The number of unbranched alkanes of at least 4 members (excludes halogenated alkanes) is 1. The fourth-order valence-corrected chi connectivity index (χ4v) is 15.3. The molecule has 10 rings (SSSR count). The minimum atomic E-state index is -0.0787. The predicted octanol–water partition coefficient (Wildman–Crippen LogP) is 17.2. The number of hydrogen-bond acceptors (Lipinski definition) is 5. The van der Waals surface area contributed by atoms with Crippen molar-refractivity contribution in [2.45, 2.75) is 257 Å². The molecule has 0 unspecified atom stereocenters. The van der Waals surface area contributed by atoms with Crippen LogP contribution in [-0.2, 0) is 31.2 Å². The summed E-state index contributed by atoms with van der Waals surface area (Å²) in [6.07, 6.45) is 36.2. The third-order valence-corrected chi connectivity index (χ3v) is 20.2. The SMILES string of the molecule is C.C.CCC.CCC.CCCN1/C(=C/C=C2\CCCC(/C=C/C3=[N+](CCC)c4ccccc4C3(C)C)=C2CCCCO)C(C)(C)c2ccccc21.CCCN1/C(=C/C=C2\CCCC(/C=C/C3=[N+](CCC)c4ccccc4C3(C)C)=C2OCCCN(C)C(C)=O)C(C)(C)c2ccccc21.[I-].[I-]. The summed E-state index contributed by atoms with van der Waals surface area (Å²) < 4.78 is 11.8. The molecule has 0 bridgehead atoms. The second-order valence-corrected chi connectivity index (χ2v) is 29.4. The van der Waals surface area contributed by atoms with Crippen molar-refractivity contribution in [1.29, 1.82) is 0 Å². The van der Waals surface area contributed by atoms with Gasteiger partial charge in [0.2, 0.25) is 17.3 Å². The van der Waals surface area contributed by atoms with Gasteiger partial charge in [0.05, 0.1) is 17.4 Å². The Morgan fingerprint density at radius 1 is 0.520 bits per heavy atom. The molecule has 4 aromatic rings. The highest BCUT2D eigenvalue weighted by molar-refractivity contribution is 6.04. The summed E-state index contributed by atoms with van der Waals surface area (Å²) in [5.41, 5.74) is 23.2. The topological polar surface area (TPSA) is 62.3 Å². The van der Waals surface area contributed by atoms with E-state index < -0.39 is 0 Å². The highest BCUT2D eigenvalue weighted by atomic mass is 127. The molecule has 4 aliphatic heterocycles. The first-order valence-corrected chi connectivity index (χ1v) is 37.4. The molecule has 4 heterocycles. The number of aliphatic hydroxyl groups excluding tert-OH is 1. The number of amides is 1. The van der Waals surface area contributed by atoms with Gasteiger partial charge in [-0.2, -0.15) is 9.15 Å². The van der Waals surface area contributed by atoms with Crippen LogP contribution in [0.15, 0.2) is 191 Å². The van der Waals surface area contributed by atoms with Gasteiger partial charge in [-0.05, 0) is 174 Å². The van der Waals surface area contributed by atoms with E-state index in [1.165, 1.54) is 115 Å². The van der Waals surface area contributed by atoms with Crippen LogP contribution in [0.5, 0.6) is 0 Å². The van der Waals surface area contributed by atoms with Crippen molar-refractivity contribution in [1.82, 2.24) is 4.90 Å². The summed E-state index contributed by atoms with van der Waals surface area (Å²) >= 11 is 0. The number of ether oxygens (including phenoxy) is 1. The molecule has 4 aromatic carbocycles. The summed E-state index contributed by atoms with van der Waals surface area (Å²) in [4.78, 5) is 18.6. The maximum absolute atomic E-state index is 11.8. The maximum atomic E-state index is 11.8. The van der Waals surface area contributed by atoms with Crippen LogP contribution in [0.25, 0.3) is 0 Å². The largest absolute Gasteiger partial charge is 1.00 e. The van der Waals surface area contributed by atoms with Crippen LogP contribution in [0.2, 0.25) is 0 Å². The smallest absolute Gasteiger partial charge is 0.219 e. The van der Waals surface area contributed by atoms with E-state index in [1.807, 2.05) is 7.05 Å². The van der Waals surface area contributed by atoms with E-state index in [0.29, 0.717) is 13.2 Å². The number of nitrogens with zero attached hydrogens (tertiary/aromatic N) is 5. The summed E-state index contributed by atoms with van der Waals surface area (Å²) in [7, 11) is 1.86. The Bertz CT molecular complexity index is 3630. The lowest BCUT2D eigenvalue weighted by Gasteiger charge is -2.27. The molecule has 0 fully saturated rings. The zero-order valence-electron chi connectivity index (χ0n) is 63.9. The number of para-hydroxylation sites is 4. The second-order valence-electron chi connectivity index (χ2n) is 29.4. The van der Waals surface area contributed by atoms with Gasteiger partial charge in [0.1, 0.15) is 18.8 Å². The maximum Gasteiger partial charge on any atom is 0.219 e. The molecule has 0 atom stereocenters. The highest BCUT2D eigenvalue weighted by Gasteiger charge is 2.46. The van der Waals surface area contributed by atoms with Crippen molar-refractivity contribution in [2.75, 3.05) is 62.8 Å². The lowest BCUT2D eigenvalue weighted by atomic mass is 9.80. The van der Waals surface area contributed by atoms with E-state index >= 15 is 0 Å². The number of benzene rings is 4. The van der Waals surface area contributed by atoms with E-state index in [1.54, 1.807) is 11.8 Å². The average Bonchev–Trinajstić information content (AvgIpc) is 1.62. The molecule has 1 amide bonds. The van der Waals surface area contributed by atoms with Crippen molar-refractivity contribution >= 4 is 40.1 Å². The molecular weight excluding hydrogens is 1450 g/mol. The second kappa shape index (κ2) is 41.7. The predicted molar refractivity (Wildman–Crippen MR) is 426 cm³/mol. The van der Waals surface area contributed by atoms with Crippen LogP contribution in [0, 0.1) is 0 Å². The normalized spacial score (nSPS) is 18.8. The van der Waals surface area contributed by atoms with Crippen LogP contribution in [0.3, 0.4) is 0 Å². The van der Waals surface area contributed by atoms with Gasteiger partial charge in [0.25, 0.3) is 0 Å². The van der Waals surface area contributed by atoms with Gasteiger partial charge in [-0.3, -0.25) is 4.79 Å². The standard InChI is InChI=1S/C42H56N3O2.C40H53N2O.2C3H8.2CH4.2HI/c1-9-27-44-36-21-13-11-19-34(36)41(4,5)38(44)25-23-32-17-15-18-33(40(32)47-30-16-29-43(8)31(3)46)24-26-39-42(6,7)35-20-12-14-22-37(35)45(39)28-10-2;1-7-27-41-35-21-11-9-19-33(35)39(3,4)37(41)25-23-30-16-15-17-31(32(30)18-13-14-29-43)24-26-38-40(5,6)34-20-10-12-22-36(34)42(38)28-8-2;2*1-3-2;;;;/h11-14,19-26H,9-10,15-18,27-30H2,1-8H3;9-12,19-26,43H,7-8,13-18,27-29H2,1-6H3;2*3H2,1-2H3;2*1H4;2*1H/q2*+1;;;;;;/p-2. The number of carbonyl (C=O) groups is 1. The fourth-order valence-electron chi connectivity index (χ4n) is 15.3. The summed E-state index contributed by atoms with van der Waals surface area (Å²) in [5.74, 6) is 1.10. The van der Waals surface area contributed by atoms with Gasteiger partial charge in [-0.15, -0.1) is 0 Å². The third kappa shape index (κ3) is 20.4. The van der Waals surface area contributed by atoms with E-state index in [-0.39, 0.29) is 97.0 Å². The Morgan fingerprint density at radius 3 is 1.37 bits per heavy atom. The first-order chi connectivity index (χ1) is 46.1. The zero-order chi connectivity index (χ0) is 69.8. The Hall–Kier alpha value is -5.57. The number of halogens is 2. The molecule has 0 saturated heterocycles. The van der Waals surface area contributed by atoms with Gasteiger partial charge in [-0.1, -0.05) is 202 Å². The Balaban J connectivity index is 0.000000466. The molecule has 0 radical (unpaired) electrons. The van der Waals surface area contributed by atoms with E-state index in [9.17, 15) is 9.90 Å². The summed E-state index contributed by atoms with van der Waals surface area (Å²) in [6, 6.07) is 35.6. The monoisotopic (exact) mass is 1590 g/mol. The van der Waals surface area contributed by atoms with Crippen molar-refractivity contribution < 1.29 is 71.7 Å². The van der Waals surface area contributed by atoms with Crippen molar-refractivity contribution in [3.8, 4) is 0 Å². The Labute approximate surface area is 644 Å². The average molecular weight is 1590 g/mol. The molecule has 10 heteroatoms. The highest BCUT2D eigenvalue weighted by Crippen LogP contribution is 2.50. The van der Waals surface area contributed by atoms with E-state index in [2.05, 4.69) is 275 Å². The van der Waals surface area contributed by atoms with Crippen LogP contribution in [-0.4, -0.2) is 89.5 Å². The number of aliphatic hydroxyl groups is 1. The molecule has 0 spiro atoms. The number of anilines is 2. The number of rotatable bonds is 23. The van der Waals surface area contributed by atoms with Crippen LogP contribution in [0.4, 0.5) is 22.7 Å². The van der Waals surface area contributed by atoms with Gasteiger partial charge in [-0.25, -0.2) is 0 Å². The minimum absolute atomic E-state index is 0. The zero-order valence-corrected chi connectivity index (χ0v) is 68.2. The fraction of sp³-hybridized carbons (Fsp3) is 0.522. The van der Waals surface area contributed by atoms with Gasteiger partial charge in [0, 0.05) is 122 Å². The Kier molecular flexibility index (Phi) is 36.9. The summed E-state index contributed by atoms with van der Waals surface area (Å²) in [5, 5.41) is 9.60. The van der Waals surface area contributed by atoms with Crippen LogP contribution < -0.4 is 57.8 Å². The first kappa shape index (κ1) is 88.6. The van der Waals surface area contributed by atoms with E-state index in [4.69, 9.17) is 4.74 Å². The molecule has 100 heavy (non-hydrogen) atoms. The molecule has 6 aliphatic rings. The third-order valence-electron chi connectivity index (χ3n) is 20.2.